The van der Waals surface area contributed by atoms with Crippen molar-refractivity contribution in [2.24, 2.45) is 5.92 Å². The summed E-state index contributed by atoms with van der Waals surface area (Å²) in [5.74, 6) is -1.16. The van der Waals surface area contributed by atoms with E-state index in [0.717, 1.165) is 24.1 Å². The number of carbonyl (C=O) groups is 3. The number of hydrogen-bond donors (Lipinski definition) is 2. The third-order valence-corrected chi connectivity index (χ3v) is 6.61. The standard InChI is InChI=1S/C27H32F3N3O3/c1-4-18(3)31-25(35)23(32-24(34)21-7-5-6-17(2)16-21)19-12-14-33(15-13-19)26(36)20-8-10-22(11-9-20)27(28,29)30/h5-11,16,18-19,23H,4,12-15H2,1-3H3,(H,31,35)(H,32,34)/t18-,23-/m1/s1. The summed E-state index contributed by atoms with van der Waals surface area (Å²) >= 11 is 0. The molecule has 2 aromatic rings. The molecule has 36 heavy (non-hydrogen) atoms. The molecule has 0 aromatic heterocycles. The molecule has 0 bridgehead atoms. The first-order chi connectivity index (χ1) is 17.0. The number of likely N-dealkylation sites (tertiary alicyclic amines) is 1. The predicted molar refractivity (Wildman–Crippen MR) is 130 cm³/mol. The third kappa shape index (κ3) is 6.86. The molecule has 2 atom stereocenters. The maximum Gasteiger partial charge on any atom is 0.416 e. The molecule has 1 aliphatic heterocycles. The van der Waals surface area contributed by atoms with Gasteiger partial charge in [-0.15, -0.1) is 0 Å². The monoisotopic (exact) mass is 503 g/mol. The first-order valence-corrected chi connectivity index (χ1v) is 12.1. The van der Waals surface area contributed by atoms with Crippen molar-refractivity contribution in [1.29, 1.82) is 0 Å². The Kier molecular flexibility index (Phi) is 8.76. The van der Waals surface area contributed by atoms with Crippen molar-refractivity contribution >= 4 is 17.7 Å². The quantitative estimate of drug-likeness (QED) is 0.581. The Balaban J connectivity index is 1.69. The summed E-state index contributed by atoms with van der Waals surface area (Å²) in [6, 6.07) is 10.4. The smallest absolute Gasteiger partial charge is 0.352 e. The molecule has 0 radical (unpaired) electrons. The molecule has 0 unspecified atom stereocenters. The van der Waals surface area contributed by atoms with Gasteiger partial charge < -0.3 is 15.5 Å². The molecule has 0 aliphatic carbocycles. The molecule has 0 saturated carbocycles. The number of aryl methyl sites for hydroxylation is 1. The van der Waals surface area contributed by atoms with Crippen LogP contribution in [0.25, 0.3) is 0 Å². The van der Waals surface area contributed by atoms with Gasteiger partial charge in [0.05, 0.1) is 5.56 Å². The van der Waals surface area contributed by atoms with Gasteiger partial charge in [0.1, 0.15) is 6.04 Å². The fourth-order valence-electron chi connectivity index (χ4n) is 4.26. The van der Waals surface area contributed by atoms with Crippen molar-refractivity contribution in [2.75, 3.05) is 13.1 Å². The zero-order chi connectivity index (χ0) is 26.5. The van der Waals surface area contributed by atoms with Gasteiger partial charge >= 0.3 is 6.18 Å². The highest BCUT2D eigenvalue weighted by Crippen LogP contribution is 2.29. The molecular formula is C27H32F3N3O3. The van der Waals surface area contributed by atoms with Gasteiger partial charge in [-0.2, -0.15) is 13.2 Å². The number of alkyl halides is 3. The number of nitrogens with one attached hydrogen (secondary N) is 2. The molecule has 1 fully saturated rings. The van der Waals surface area contributed by atoms with Crippen LogP contribution in [0, 0.1) is 12.8 Å². The van der Waals surface area contributed by atoms with Gasteiger partial charge in [-0.25, -0.2) is 0 Å². The second-order valence-corrected chi connectivity index (χ2v) is 9.34. The molecule has 0 spiro atoms. The molecule has 3 amide bonds. The van der Waals surface area contributed by atoms with Crippen LogP contribution in [0.15, 0.2) is 48.5 Å². The van der Waals surface area contributed by atoms with E-state index in [9.17, 15) is 27.6 Å². The fourth-order valence-corrected chi connectivity index (χ4v) is 4.26. The van der Waals surface area contributed by atoms with Crippen molar-refractivity contribution < 1.29 is 27.6 Å². The largest absolute Gasteiger partial charge is 0.416 e. The fraction of sp³-hybridized carbons (Fsp3) is 0.444. The number of benzene rings is 2. The van der Waals surface area contributed by atoms with E-state index in [0.29, 0.717) is 31.5 Å². The molecule has 2 aromatic carbocycles. The van der Waals surface area contributed by atoms with Crippen LogP contribution >= 0.6 is 0 Å². The SMILES string of the molecule is CC[C@@H](C)NC(=O)[C@H](NC(=O)c1cccc(C)c1)C1CCN(C(=O)c2ccc(C(F)(F)F)cc2)CC1. The third-order valence-electron chi connectivity index (χ3n) is 6.61. The average Bonchev–Trinajstić information content (AvgIpc) is 2.86. The summed E-state index contributed by atoms with van der Waals surface area (Å²) in [5.41, 5.74) is 0.766. The van der Waals surface area contributed by atoms with E-state index in [1.165, 1.54) is 12.1 Å². The first-order valence-electron chi connectivity index (χ1n) is 12.1. The molecule has 3 rings (SSSR count). The lowest BCUT2D eigenvalue weighted by atomic mass is 9.88. The number of piperidine rings is 1. The minimum Gasteiger partial charge on any atom is -0.352 e. The minimum atomic E-state index is -4.46. The van der Waals surface area contributed by atoms with E-state index in [-0.39, 0.29) is 35.2 Å². The van der Waals surface area contributed by atoms with Gasteiger partial charge in [0.25, 0.3) is 11.8 Å². The van der Waals surface area contributed by atoms with E-state index >= 15 is 0 Å². The minimum absolute atomic E-state index is 0.0581. The van der Waals surface area contributed by atoms with Gasteiger partial charge in [-0.1, -0.05) is 24.6 Å². The Labute approximate surface area is 209 Å². The number of halogens is 3. The van der Waals surface area contributed by atoms with Crippen LogP contribution in [-0.4, -0.2) is 47.8 Å². The number of rotatable bonds is 7. The van der Waals surface area contributed by atoms with Gasteiger partial charge in [0.15, 0.2) is 0 Å². The summed E-state index contributed by atoms with van der Waals surface area (Å²) < 4.78 is 38.5. The van der Waals surface area contributed by atoms with Gasteiger partial charge in [-0.3, -0.25) is 14.4 Å². The summed E-state index contributed by atoms with van der Waals surface area (Å²) in [5, 5.41) is 5.84. The van der Waals surface area contributed by atoms with E-state index in [2.05, 4.69) is 10.6 Å². The predicted octanol–water partition coefficient (Wildman–Crippen LogP) is 4.58. The average molecular weight is 504 g/mol. The van der Waals surface area contributed by atoms with Crippen molar-refractivity contribution in [3.05, 3.63) is 70.8 Å². The highest BCUT2D eigenvalue weighted by atomic mass is 19.4. The van der Waals surface area contributed by atoms with E-state index in [1.807, 2.05) is 26.8 Å². The van der Waals surface area contributed by atoms with Gasteiger partial charge in [0.2, 0.25) is 5.91 Å². The highest BCUT2D eigenvalue weighted by Gasteiger charge is 2.35. The summed E-state index contributed by atoms with van der Waals surface area (Å²) in [6.07, 6.45) is -2.78. The maximum absolute atomic E-state index is 13.1. The summed E-state index contributed by atoms with van der Waals surface area (Å²) in [7, 11) is 0. The first kappa shape index (κ1) is 27.2. The Morgan fingerprint density at radius 1 is 1.00 bits per heavy atom. The number of amides is 3. The van der Waals surface area contributed by atoms with Gasteiger partial charge in [-0.05, 0) is 75.4 Å². The van der Waals surface area contributed by atoms with Gasteiger partial charge in [0, 0.05) is 30.3 Å². The molecule has 194 valence electrons. The van der Waals surface area contributed by atoms with Crippen molar-refractivity contribution in [3.63, 3.8) is 0 Å². The maximum atomic E-state index is 13.1. The second-order valence-electron chi connectivity index (χ2n) is 9.34. The van der Waals surface area contributed by atoms with Crippen LogP contribution in [-0.2, 0) is 11.0 Å². The lowest BCUT2D eigenvalue weighted by Crippen LogP contribution is -2.55. The van der Waals surface area contributed by atoms with Crippen LogP contribution in [0.5, 0.6) is 0 Å². The van der Waals surface area contributed by atoms with E-state index in [1.54, 1.807) is 23.1 Å². The van der Waals surface area contributed by atoms with Crippen LogP contribution in [0.3, 0.4) is 0 Å². The molecule has 6 nitrogen and oxygen atoms in total. The second kappa shape index (κ2) is 11.6. The zero-order valence-electron chi connectivity index (χ0n) is 20.7. The highest BCUT2D eigenvalue weighted by molar-refractivity contribution is 5.98. The van der Waals surface area contributed by atoms with Crippen molar-refractivity contribution in [3.8, 4) is 0 Å². The molecule has 2 N–H and O–H groups in total. The van der Waals surface area contributed by atoms with Crippen LogP contribution in [0.1, 0.15) is 65.0 Å². The van der Waals surface area contributed by atoms with Crippen molar-refractivity contribution in [2.45, 2.75) is 58.3 Å². The summed E-state index contributed by atoms with van der Waals surface area (Å²) in [6.45, 7) is 6.39. The van der Waals surface area contributed by atoms with Crippen LogP contribution in [0.4, 0.5) is 13.2 Å². The lowest BCUT2D eigenvalue weighted by molar-refractivity contribution is -0.137. The molecule has 9 heteroatoms. The van der Waals surface area contributed by atoms with Crippen LogP contribution < -0.4 is 10.6 Å². The van der Waals surface area contributed by atoms with E-state index in [4.69, 9.17) is 0 Å². The number of carbonyl (C=O) groups excluding carboxylic acids is 3. The lowest BCUT2D eigenvalue weighted by Gasteiger charge is -2.36. The Bertz CT molecular complexity index is 1080. The zero-order valence-corrected chi connectivity index (χ0v) is 20.7. The Morgan fingerprint density at radius 3 is 2.19 bits per heavy atom. The number of nitrogens with zero attached hydrogens (tertiary/aromatic N) is 1. The molecule has 1 saturated heterocycles. The van der Waals surface area contributed by atoms with Crippen molar-refractivity contribution in [1.82, 2.24) is 15.5 Å². The Morgan fingerprint density at radius 2 is 1.64 bits per heavy atom. The van der Waals surface area contributed by atoms with E-state index < -0.39 is 17.8 Å². The van der Waals surface area contributed by atoms with Crippen LogP contribution in [0.2, 0.25) is 0 Å². The summed E-state index contributed by atoms with van der Waals surface area (Å²) in [4.78, 5) is 40.4. The number of hydrogen-bond acceptors (Lipinski definition) is 3. The Hall–Kier alpha value is -3.36. The molecule has 1 aliphatic rings. The molecule has 1 heterocycles. The molecular weight excluding hydrogens is 471 g/mol. The topological polar surface area (TPSA) is 78.5 Å². The normalized spacial score (nSPS) is 16.2.